The zero-order valence-corrected chi connectivity index (χ0v) is 11.5. The van der Waals surface area contributed by atoms with Crippen LogP contribution in [0.15, 0.2) is 28.8 Å². The predicted octanol–water partition coefficient (Wildman–Crippen LogP) is 2.63. The topological polar surface area (TPSA) is 66.0 Å². The van der Waals surface area contributed by atoms with E-state index >= 15 is 0 Å². The Kier molecular flexibility index (Phi) is 3.57. The summed E-state index contributed by atoms with van der Waals surface area (Å²) in [5.41, 5.74) is 1.47. The lowest BCUT2D eigenvalue weighted by Gasteiger charge is -2.05. The normalized spacial score (nSPS) is 12.2. The van der Waals surface area contributed by atoms with E-state index in [0.29, 0.717) is 11.3 Å². The highest BCUT2D eigenvalue weighted by Crippen LogP contribution is 2.27. The molecule has 0 unspecified atom stereocenters. The van der Waals surface area contributed by atoms with Crippen molar-refractivity contribution in [2.45, 2.75) is 19.3 Å². The van der Waals surface area contributed by atoms with Crippen LogP contribution in [0.1, 0.15) is 17.5 Å². The first-order valence-corrected chi connectivity index (χ1v) is 6.32. The van der Waals surface area contributed by atoms with Crippen LogP contribution in [0, 0.1) is 0 Å². The number of nitrogens with zero attached hydrogens (tertiary/aromatic N) is 4. The molecular weight excluding hydrogens is 301 g/mol. The highest BCUT2D eigenvalue weighted by Gasteiger charge is 2.38. The Morgan fingerprint density at radius 3 is 2.68 bits per heavy atom. The number of imidazole rings is 1. The fourth-order valence-corrected chi connectivity index (χ4v) is 2.12. The van der Waals surface area contributed by atoms with Crippen molar-refractivity contribution >= 4 is 11.0 Å². The highest BCUT2D eigenvalue weighted by molar-refractivity contribution is 5.75. The molecule has 0 saturated heterocycles. The van der Waals surface area contributed by atoms with Crippen LogP contribution < -0.4 is 0 Å². The number of alkyl halides is 3. The summed E-state index contributed by atoms with van der Waals surface area (Å²) in [5.74, 6) is -0.866. The van der Waals surface area contributed by atoms with Gasteiger partial charge in [0.15, 0.2) is 5.82 Å². The van der Waals surface area contributed by atoms with E-state index in [1.807, 2.05) is 24.3 Å². The van der Waals surface area contributed by atoms with Crippen LogP contribution in [0.4, 0.5) is 13.2 Å². The van der Waals surface area contributed by atoms with E-state index in [0.717, 1.165) is 5.52 Å². The second-order valence-corrected chi connectivity index (χ2v) is 4.55. The zero-order chi connectivity index (χ0) is 15.7. The minimum absolute atomic E-state index is 0.0127. The summed E-state index contributed by atoms with van der Waals surface area (Å²) in [6, 6.07) is 7.26. The average molecular weight is 312 g/mol. The fraction of sp³-hybridized carbons (Fsp3) is 0.308. The molecule has 6 nitrogen and oxygen atoms in total. The van der Waals surface area contributed by atoms with Gasteiger partial charge in [-0.15, -0.1) is 0 Å². The summed E-state index contributed by atoms with van der Waals surface area (Å²) in [4.78, 5) is 7.76. The minimum Gasteiger partial charge on any atom is -0.377 e. The van der Waals surface area contributed by atoms with Crippen LogP contribution in [-0.4, -0.2) is 26.8 Å². The molecule has 3 aromatic rings. The summed E-state index contributed by atoms with van der Waals surface area (Å²) in [6.45, 7) is 0.234. The van der Waals surface area contributed by atoms with E-state index in [1.54, 1.807) is 4.57 Å². The summed E-state index contributed by atoms with van der Waals surface area (Å²) >= 11 is 0. The number of ether oxygens (including phenoxy) is 1. The van der Waals surface area contributed by atoms with E-state index in [-0.39, 0.29) is 19.0 Å². The number of para-hydroxylation sites is 2. The average Bonchev–Trinajstić information content (AvgIpc) is 3.05. The van der Waals surface area contributed by atoms with Gasteiger partial charge in [-0.3, -0.25) is 0 Å². The Morgan fingerprint density at radius 2 is 2.00 bits per heavy atom. The second kappa shape index (κ2) is 5.41. The summed E-state index contributed by atoms with van der Waals surface area (Å²) < 4.78 is 48.5. The van der Waals surface area contributed by atoms with Gasteiger partial charge in [0.1, 0.15) is 12.4 Å². The lowest BCUT2D eigenvalue weighted by Crippen LogP contribution is -2.09. The Morgan fingerprint density at radius 1 is 1.23 bits per heavy atom. The number of fused-ring (bicyclic) bond motifs is 1. The summed E-state index contributed by atoms with van der Waals surface area (Å²) in [5, 5.41) is 3.37. The molecule has 2 aromatic heterocycles. The van der Waals surface area contributed by atoms with Crippen LogP contribution in [0.3, 0.4) is 0 Å². The highest BCUT2D eigenvalue weighted by atomic mass is 19.4. The Bertz CT molecular complexity index is 794. The molecule has 0 radical (unpaired) electrons. The van der Waals surface area contributed by atoms with Crippen molar-refractivity contribution in [1.29, 1.82) is 0 Å². The van der Waals surface area contributed by atoms with Crippen LogP contribution in [0.25, 0.3) is 11.0 Å². The van der Waals surface area contributed by atoms with E-state index in [9.17, 15) is 13.2 Å². The van der Waals surface area contributed by atoms with E-state index in [1.165, 1.54) is 7.11 Å². The first kappa shape index (κ1) is 14.5. The van der Waals surface area contributed by atoms with E-state index in [4.69, 9.17) is 4.74 Å². The molecule has 0 spiro atoms. The molecule has 0 aliphatic carbocycles. The first-order chi connectivity index (χ1) is 10.5. The molecule has 0 saturated carbocycles. The first-order valence-electron chi connectivity index (χ1n) is 6.32. The van der Waals surface area contributed by atoms with Gasteiger partial charge in [-0.25, -0.2) is 4.98 Å². The van der Waals surface area contributed by atoms with Gasteiger partial charge in [-0.2, -0.15) is 18.2 Å². The number of halogens is 3. The second-order valence-electron chi connectivity index (χ2n) is 4.55. The molecule has 1 aromatic carbocycles. The molecule has 0 aliphatic heterocycles. The summed E-state index contributed by atoms with van der Waals surface area (Å²) in [7, 11) is 1.51. The van der Waals surface area contributed by atoms with Crippen molar-refractivity contribution in [2.24, 2.45) is 0 Å². The fourth-order valence-electron chi connectivity index (χ4n) is 2.12. The van der Waals surface area contributed by atoms with Gasteiger partial charge < -0.3 is 13.8 Å². The molecule has 0 atom stereocenters. The molecule has 22 heavy (non-hydrogen) atoms. The third-order valence-electron chi connectivity index (χ3n) is 3.02. The molecular formula is C13H11F3N4O2. The van der Waals surface area contributed by atoms with Crippen molar-refractivity contribution in [2.75, 3.05) is 7.11 Å². The van der Waals surface area contributed by atoms with Gasteiger partial charge in [0.25, 0.3) is 0 Å². The number of aromatic nitrogens is 4. The van der Waals surface area contributed by atoms with Gasteiger partial charge in [-0.05, 0) is 12.1 Å². The lowest BCUT2D eigenvalue weighted by atomic mass is 10.3. The third-order valence-corrected chi connectivity index (χ3v) is 3.02. The number of rotatable bonds is 4. The molecule has 116 valence electrons. The summed E-state index contributed by atoms with van der Waals surface area (Å²) in [6.07, 6.45) is -4.66. The maximum Gasteiger partial charge on any atom is 0.471 e. The molecule has 9 heteroatoms. The van der Waals surface area contributed by atoms with Crippen LogP contribution in [-0.2, 0) is 24.1 Å². The van der Waals surface area contributed by atoms with E-state index in [2.05, 4.69) is 19.6 Å². The van der Waals surface area contributed by atoms with Gasteiger partial charge in [-0.1, -0.05) is 17.3 Å². The number of methoxy groups -OCH3 is 1. The number of hydrogen-bond donors (Lipinski definition) is 0. The SMILES string of the molecule is COCc1nc2ccccc2n1Cc1noc(C(F)(F)F)n1. The molecule has 0 bridgehead atoms. The molecule has 2 heterocycles. The predicted molar refractivity (Wildman–Crippen MR) is 68.8 cm³/mol. The van der Waals surface area contributed by atoms with Crippen molar-refractivity contribution in [3.8, 4) is 0 Å². The molecule has 0 amide bonds. The van der Waals surface area contributed by atoms with Crippen molar-refractivity contribution in [3.05, 3.63) is 41.8 Å². The van der Waals surface area contributed by atoms with Crippen LogP contribution in [0.5, 0.6) is 0 Å². The van der Waals surface area contributed by atoms with Crippen molar-refractivity contribution in [3.63, 3.8) is 0 Å². The van der Waals surface area contributed by atoms with Gasteiger partial charge in [0.05, 0.1) is 17.6 Å². The van der Waals surface area contributed by atoms with Gasteiger partial charge in [0.2, 0.25) is 0 Å². The van der Waals surface area contributed by atoms with Crippen LogP contribution in [0.2, 0.25) is 0 Å². The largest absolute Gasteiger partial charge is 0.471 e. The van der Waals surface area contributed by atoms with Crippen molar-refractivity contribution in [1.82, 2.24) is 19.7 Å². The van der Waals surface area contributed by atoms with Gasteiger partial charge in [0, 0.05) is 7.11 Å². The molecule has 3 rings (SSSR count). The minimum atomic E-state index is -4.66. The third kappa shape index (κ3) is 2.67. The lowest BCUT2D eigenvalue weighted by molar-refractivity contribution is -0.159. The molecule has 0 fully saturated rings. The maximum absolute atomic E-state index is 12.5. The Labute approximate surface area is 122 Å². The van der Waals surface area contributed by atoms with E-state index < -0.39 is 12.1 Å². The van der Waals surface area contributed by atoms with Crippen LogP contribution >= 0.6 is 0 Å². The monoisotopic (exact) mass is 312 g/mol. The van der Waals surface area contributed by atoms with Crippen molar-refractivity contribution < 1.29 is 22.4 Å². The smallest absolute Gasteiger partial charge is 0.377 e. The Balaban J connectivity index is 1.99. The number of benzene rings is 1. The standard InChI is InChI=1S/C13H11F3N4O2/c1-21-7-11-17-8-4-2-3-5-9(8)20(11)6-10-18-12(22-19-10)13(14,15)16/h2-5H,6-7H2,1H3. The Hall–Kier alpha value is -2.42. The quantitative estimate of drug-likeness (QED) is 0.741. The zero-order valence-electron chi connectivity index (χ0n) is 11.5. The molecule has 0 N–H and O–H groups in total. The number of hydrogen-bond acceptors (Lipinski definition) is 5. The van der Waals surface area contributed by atoms with Gasteiger partial charge >= 0.3 is 12.1 Å². The molecule has 0 aliphatic rings. The maximum atomic E-state index is 12.5.